The minimum Gasteiger partial charge on any atom is -0.341 e. The van der Waals surface area contributed by atoms with Crippen LogP contribution in [0.3, 0.4) is 0 Å². The van der Waals surface area contributed by atoms with E-state index in [1.807, 2.05) is 0 Å². The van der Waals surface area contributed by atoms with E-state index < -0.39 is 0 Å². The highest BCUT2D eigenvalue weighted by atomic mass is 32.2. The Bertz CT molecular complexity index is 458. The molecule has 3 rings (SSSR count). The molecule has 0 bridgehead atoms. The van der Waals surface area contributed by atoms with Crippen molar-refractivity contribution in [3.05, 3.63) is 35.4 Å². The Balaban J connectivity index is 1.42. The van der Waals surface area contributed by atoms with E-state index in [1.54, 1.807) is 11.8 Å². The molecular formula is C17H23NOS. The molecule has 1 saturated heterocycles. The fourth-order valence-electron chi connectivity index (χ4n) is 3.47. The van der Waals surface area contributed by atoms with E-state index in [2.05, 4.69) is 36.1 Å². The van der Waals surface area contributed by atoms with Crippen LogP contribution in [0.15, 0.2) is 24.3 Å². The lowest BCUT2D eigenvalue weighted by Crippen LogP contribution is -2.31. The molecule has 2 atom stereocenters. The Kier molecular flexibility index (Phi) is 4.35. The maximum Gasteiger partial charge on any atom is 0.232 e. The van der Waals surface area contributed by atoms with E-state index >= 15 is 0 Å². The highest BCUT2D eigenvalue weighted by Crippen LogP contribution is 2.37. The number of nitrogens with zero attached hydrogens (tertiary/aromatic N) is 1. The normalized spacial score (nSPS) is 24.9. The van der Waals surface area contributed by atoms with E-state index in [4.69, 9.17) is 0 Å². The van der Waals surface area contributed by atoms with Gasteiger partial charge in [0.2, 0.25) is 5.91 Å². The third kappa shape index (κ3) is 3.20. The van der Waals surface area contributed by atoms with Gasteiger partial charge in [0.1, 0.15) is 0 Å². The smallest absolute Gasteiger partial charge is 0.232 e. The number of hydrogen-bond donors (Lipinski definition) is 0. The summed E-state index contributed by atoms with van der Waals surface area (Å²) in [4.78, 5) is 14.3. The number of hydrogen-bond acceptors (Lipinski definition) is 2. The van der Waals surface area contributed by atoms with Gasteiger partial charge in [-0.05, 0) is 37.2 Å². The van der Waals surface area contributed by atoms with Crippen molar-refractivity contribution < 1.29 is 4.79 Å². The standard InChI is InChI=1S/C17H23NOS/c1-13-5-7-14(8-6-13)11-20-12-17(19)18-9-15-3-2-4-16(15)10-18/h5-8,15-16H,2-4,9-12H2,1H3/t15-,16-/m1/s1. The van der Waals surface area contributed by atoms with Gasteiger partial charge in [-0.3, -0.25) is 4.79 Å². The Labute approximate surface area is 125 Å². The molecule has 0 unspecified atom stereocenters. The predicted octanol–water partition coefficient (Wildman–Crippen LogP) is 3.49. The molecular weight excluding hydrogens is 266 g/mol. The number of amides is 1. The first-order valence-corrected chi connectivity index (χ1v) is 8.79. The van der Waals surface area contributed by atoms with Gasteiger partial charge in [0.25, 0.3) is 0 Å². The van der Waals surface area contributed by atoms with Gasteiger partial charge in [0.05, 0.1) is 5.75 Å². The maximum absolute atomic E-state index is 12.2. The van der Waals surface area contributed by atoms with E-state index in [1.165, 1.54) is 30.4 Å². The second-order valence-electron chi connectivity index (χ2n) is 6.23. The number of likely N-dealkylation sites (tertiary alicyclic amines) is 1. The summed E-state index contributed by atoms with van der Waals surface area (Å²) in [7, 11) is 0. The van der Waals surface area contributed by atoms with Crippen molar-refractivity contribution in [2.75, 3.05) is 18.8 Å². The molecule has 3 heteroatoms. The molecule has 1 aliphatic heterocycles. The molecule has 108 valence electrons. The van der Waals surface area contributed by atoms with E-state index in [0.717, 1.165) is 30.7 Å². The van der Waals surface area contributed by atoms with Crippen LogP contribution >= 0.6 is 11.8 Å². The van der Waals surface area contributed by atoms with Crippen LogP contribution in [0.2, 0.25) is 0 Å². The molecule has 0 radical (unpaired) electrons. The zero-order chi connectivity index (χ0) is 13.9. The van der Waals surface area contributed by atoms with Gasteiger partial charge in [0.15, 0.2) is 0 Å². The van der Waals surface area contributed by atoms with Crippen molar-refractivity contribution in [3.8, 4) is 0 Å². The van der Waals surface area contributed by atoms with Crippen molar-refractivity contribution in [1.82, 2.24) is 4.90 Å². The molecule has 20 heavy (non-hydrogen) atoms. The first-order chi connectivity index (χ1) is 9.72. The summed E-state index contributed by atoms with van der Waals surface area (Å²) in [6.45, 7) is 4.15. The maximum atomic E-state index is 12.2. The first kappa shape index (κ1) is 14.0. The zero-order valence-corrected chi connectivity index (χ0v) is 13.0. The molecule has 1 amide bonds. The molecule has 2 nitrogen and oxygen atoms in total. The van der Waals surface area contributed by atoms with Crippen LogP contribution < -0.4 is 0 Å². The van der Waals surface area contributed by atoms with Crippen LogP contribution in [-0.2, 0) is 10.5 Å². The summed E-state index contributed by atoms with van der Waals surface area (Å²) in [5.74, 6) is 3.53. The molecule has 0 aromatic heterocycles. The van der Waals surface area contributed by atoms with E-state index in [9.17, 15) is 4.79 Å². The Morgan fingerprint density at radius 3 is 2.50 bits per heavy atom. The van der Waals surface area contributed by atoms with Gasteiger partial charge in [-0.2, -0.15) is 0 Å². The average molecular weight is 289 g/mol. The monoisotopic (exact) mass is 289 g/mol. The van der Waals surface area contributed by atoms with Gasteiger partial charge < -0.3 is 4.90 Å². The van der Waals surface area contributed by atoms with Gasteiger partial charge in [-0.25, -0.2) is 0 Å². The molecule has 1 aromatic carbocycles. The Morgan fingerprint density at radius 1 is 1.20 bits per heavy atom. The van der Waals surface area contributed by atoms with Crippen LogP contribution in [0.25, 0.3) is 0 Å². The quantitative estimate of drug-likeness (QED) is 0.845. The van der Waals surface area contributed by atoms with Crippen LogP contribution in [0.5, 0.6) is 0 Å². The number of thioether (sulfide) groups is 1. The van der Waals surface area contributed by atoms with Gasteiger partial charge in [-0.1, -0.05) is 36.2 Å². The van der Waals surface area contributed by atoms with Crippen LogP contribution in [0.4, 0.5) is 0 Å². The molecule has 0 N–H and O–H groups in total. The summed E-state index contributed by atoms with van der Waals surface area (Å²) in [5.41, 5.74) is 2.60. The van der Waals surface area contributed by atoms with Crippen molar-refractivity contribution in [3.63, 3.8) is 0 Å². The van der Waals surface area contributed by atoms with Gasteiger partial charge in [-0.15, -0.1) is 11.8 Å². The van der Waals surface area contributed by atoms with Crippen LogP contribution in [0, 0.1) is 18.8 Å². The first-order valence-electron chi connectivity index (χ1n) is 7.63. The van der Waals surface area contributed by atoms with Crippen molar-refractivity contribution in [2.24, 2.45) is 11.8 Å². The summed E-state index contributed by atoms with van der Waals surface area (Å²) in [6, 6.07) is 8.60. The third-order valence-corrected chi connectivity index (χ3v) is 5.68. The highest BCUT2D eigenvalue weighted by Gasteiger charge is 2.37. The fraction of sp³-hybridized carbons (Fsp3) is 0.588. The second kappa shape index (κ2) is 6.21. The number of carbonyl (C=O) groups excluding carboxylic acids is 1. The summed E-state index contributed by atoms with van der Waals surface area (Å²) < 4.78 is 0. The molecule has 0 spiro atoms. The minimum absolute atomic E-state index is 0.344. The van der Waals surface area contributed by atoms with Crippen LogP contribution in [0.1, 0.15) is 30.4 Å². The summed E-state index contributed by atoms with van der Waals surface area (Å²) in [5, 5.41) is 0. The molecule has 2 fully saturated rings. The second-order valence-corrected chi connectivity index (χ2v) is 7.21. The van der Waals surface area contributed by atoms with Gasteiger partial charge >= 0.3 is 0 Å². The Morgan fingerprint density at radius 2 is 1.85 bits per heavy atom. The van der Waals surface area contributed by atoms with Crippen molar-refractivity contribution >= 4 is 17.7 Å². The molecule has 1 aliphatic carbocycles. The lowest BCUT2D eigenvalue weighted by Gasteiger charge is -2.17. The molecule has 2 aliphatic rings. The largest absolute Gasteiger partial charge is 0.341 e. The fourth-order valence-corrected chi connectivity index (χ4v) is 4.36. The number of carbonyl (C=O) groups is 1. The molecule has 1 saturated carbocycles. The third-order valence-electron chi connectivity index (χ3n) is 4.69. The van der Waals surface area contributed by atoms with Crippen molar-refractivity contribution in [2.45, 2.75) is 31.9 Å². The number of fused-ring (bicyclic) bond motifs is 1. The SMILES string of the molecule is Cc1ccc(CSCC(=O)N2C[C@H]3CCC[C@@H]3C2)cc1. The summed E-state index contributed by atoms with van der Waals surface area (Å²) in [6.07, 6.45) is 4.05. The van der Waals surface area contributed by atoms with Crippen LogP contribution in [-0.4, -0.2) is 29.6 Å². The highest BCUT2D eigenvalue weighted by molar-refractivity contribution is 7.99. The lowest BCUT2D eigenvalue weighted by molar-refractivity contribution is -0.127. The van der Waals surface area contributed by atoms with Gasteiger partial charge in [0, 0.05) is 18.8 Å². The summed E-state index contributed by atoms with van der Waals surface area (Å²) >= 11 is 1.74. The Hall–Kier alpha value is -0.960. The number of rotatable bonds is 4. The van der Waals surface area contributed by atoms with E-state index in [-0.39, 0.29) is 0 Å². The molecule has 1 heterocycles. The minimum atomic E-state index is 0.344. The van der Waals surface area contributed by atoms with E-state index in [0.29, 0.717) is 11.7 Å². The zero-order valence-electron chi connectivity index (χ0n) is 12.2. The predicted molar refractivity (Wildman–Crippen MR) is 84.8 cm³/mol. The topological polar surface area (TPSA) is 20.3 Å². The number of aryl methyl sites for hydroxylation is 1. The molecule has 1 aromatic rings. The lowest BCUT2D eigenvalue weighted by atomic mass is 10.0. The van der Waals surface area contributed by atoms with Crippen molar-refractivity contribution in [1.29, 1.82) is 0 Å². The number of benzene rings is 1. The average Bonchev–Trinajstić information content (AvgIpc) is 3.02.